The van der Waals surface area contributed by atoms with Gasteiger partial charge >= 0.3 is 6.18 Å². The van der Waals surface area contributed by atoms with Gasteiger partial charge in [-0.2, -0.15) is 13.2 Å². The maximum Gasteiger partial charge on any atom is 0.416 e. The molecule has 0 saturated carbocycles. The number of piperazine rings is 1. The zero-order valence-corrected chi connectivity index (χ0v) is 25.5. The van der Waals surface area contributed by atoms with Crippen molar-refractivity contribution < 1.29 is 37.0 Å². The summed E-state index contributed by atoms with van der Waals surface area (Å²) in [5.74, 6) is -0.219. The lowest BCUT2D eigenvalue weighted by atomic mass is 9.96. The summed E-state index contributed by atoms with van der Waals surface area (Å²) in [6.45, 7) is 2.07. The third kappa shape index (κ3) is 7.18. The standard InChI is InChI=1S/C32H37F3N6O5/c1-44-20-23-18-41(38-37-23)26-11-10-24-12-15-45-28-5-3-2-4-25(28)31(43)40-14-13-39(19-27(40)30(42)36-16-29(26)46-24)17-21-6-8-22(9-7-21)32(33,34)35/h2-9,18,24,26-27,29H,10-17,19-20H2,1H3,(H,36,42)/t24-,26+,27-,29+/m0/s1. The Balaban J connectivity index is 1.25. The van der Waals surface area contributed by atoms with Gasteiger partial charge in [-0.05, 0) is 42.7 Å². The molecule has 46 heavy (non-hydrogen) atoms. The predicted molar refractivity (Wildman–Crippen MR) is 159 cm³/mol. The molecule has 4 heterocycles. The number of hydrogen-bond donors (Lipinski definition) is 1. The van der Waals surface area contributed by atoms with Crippen LogP contribution in [0, 0.1) is 0 Å². The predicted octanol–water partition coefficient (Wildman–Crippen LogP) is 3.46. The minimum Gasteiger partial charge on any atom is -0.493 e. The van der Waals surface area contributed by atoms with E-state index < -0.39 is 23.9 Å². The van der Waals surface area contributed by atoms with Crippen LogP contribution in [-0.4, -0.2) is 94.8 Å². The minimum atomic E-state index is -4.42. The van der Waals surface area contributed by atoms with Crippen LogP contribution in [-0.2, 0) is 33.6 Å². The number of carbonyl (C=O) groups is 2. The van der Waals surface area contributed by atoms with Crippen LogP contribution in [0.1, 0.15) is 52.5 Å². The topological polar surface area (TPSA) is 111 Å². The van der Waals surface area contributed by atoms with Gasteiger partial charge in [0.25, 0.3) is 5.91 Å². The summed E-state index contributed by atoms with van der Waals surface area (Å²) in [7, 11) is 1.59. The summed E-state index contributed by atoms with van der Waals surface area (Å²) >= 11 is 0. The largest absolute Gasteiger partial charge is 0.493 e. The number of hydrogen-bond acceptors (Lipinski definition) is 8. The van der Waals surface area contributed by atoms with Crippen molar-refractivity contribution in [3.05, 3.63) is 77.1 Å². The molecule has 3 aliphatic heterocycles. The second kappa shape index (κ2) is 13.8. The van der Waals surface area contributed by atoms with Crippen molar-refractivity contribution in [2.45, 2.75) is 62.9 Å². The Morgan fingerprint density at radius 3 is 2.63 bits per heavy atom. The van der Waals surface area contributed by atoms with Gasteiger partial charge in [0.05, 0.1) is 48.8 Å². The van der Waals surface area contributed by atoms with E-state index >= 15 is 0 Å². The van der Waals surface area contributed by atoms with Gasteiger partial charge in [0.15, 0.2) is 0 Å². The molecular weight excluding hydrogens is 605 g/mol. The van der Waals surface area contributed by atoms with Gasteiger partial charge in [-0.3, -0.25) is 14.5 Å². The number of aromatic nitrogens is 3. The molecule has 3 aliphatic rings. The number of halogens is 3. The molecule has 0 unspecified atom stereocenters. The SMILES string of the molecule is COCc1cn([C@@H]2CC[C@H]3CCOc4ccccc4C(=O)N4CCN(Cc5ccc(C(F)(F)F)cc5)C[C@H]4C(=O)NC[C@H]2O3)nn1. The molecule has 0 spiro atoms. The zero-order chi connectivity index (χ0) is 32.3. The first kappa shape index (κ1) is 32.0. The summed E-state index contributed by atoms with van der Waals surface area (Å²) in [5.41, 5.74) is 1.02. The van der Waals surface area contributed by atoms with Crippen molar-refractivity contribution in [3.63, 3.8) is 0 Å². The lowest BCUT2D eigenvalue weighted by Crippen LogP contribution is -2.61. The number of fused-ring (bicyclic) bond motifs is 4. The highest BCUT2D eigenvalue weighted by atomic mass is 19.4. The fourth-order valence-electron chi connectivity index (χ4n) is 6.39. The monoisotopic (exact) mass is 642 g/mol. The number of ether oxygens (including phenoxy) is 3. The van der Waals surface area contributed by atoms with E-state index in [0.717, 1.165) is 25.0 Å². The number of amides is 2. The number of methoxy groups -OCH3 is 1. The lowest BCUT2D eigenvalue weighted by Gasteiger charge is -2.41. The van der Waals surface area contributed by atoms with E-state index in [1.165, 1.54) is 12.1 Å². The highest BCUT2D eigenvalue weighted by Crippen LogP contribution is 2.32. The third-order valence-corrected chi connectivity index (χ3v) is 8.78. The fourth-order valence-corrected chi connectivity index (χ4v) is 6.39. The Morgan fingerprint density at radius 2 is 1.85 bits per heavy atom. The van der Waals surface area contributed by atoms with Crippen LogP contribution in [0.4, 0.5) is 13.2 Å². The zero-order valence-electron chi connectivity index (χ0n) is 25.5. The second-order valence-corrected chi connectivity index (χ2v) is 11.9. The van der Waals surface area contributed by atoms with Crippen molar-refractivity contribution in [2.24, 2.45) is 0 Å². The van der Waals surface area contributed by atoms with Crippen molar-refractivity contribution >= 4 is 11.8 Å². The van der Waals surface area contributed by atoms with E-state index in [-0.39, 0.29) is 43.6 Å². The van der Waals surface area contributed by atoms with Gasteiger partial charge in [0.1, 0.15) is 17.5 Å². The number of rotatable bonds is 5. The van der Waals surface area contributed by atoms with Crippen molar-refractivity contribution in [1.29, 1.82) is 0 Å². The smallest absolute Gasteiger partial charge is 0.416 e. The average Bonchev–Trinajstić information content (AvgIpc) is 3.51. The molecule has 0 radical (unpaired) electrons. The van der Waals surface area contributed by atoms with Crippen LogP contribution >= 0.6 is 0 Å². The Kier molecular flexibility index (Phi) is 9.57. The summed E-state index contributed by atoms with van der Waals surface area (Å²) in [5, 5.41) is 11.5. The summed E-state index contributed by atoms with van der Waals surface area (Å²) < 4.78 is 58.9. The van der Waals surface area contributed by atoms with Gasteiger partial charge in [-0.25, -0.2) is 4.68 Å². The summed E-state index contributed by atoms with van der Waals surface area (Å²) in [4.78, 5) is 31.4. The molecule has 246 valence electrons. The molecule has 14 heteroatoms. The Labute approximate surface area is 264 Å². The Hall–Kier alpha value is -4.01. The molecular formula is C32H37F3N6O5. The molecule has 3 aromatic rings. The molecule has 2 bridgehead atoms. The molecule has 11 nitrogen and oxygen atoms in total. The van der Waals surface area contributed by atoms with Crippen LogP contribution in [0.5, 0.6) is 5.75 Å². The molecule has 2 amide bonds. The van der Waals surface area contributed by atoms with E-state index in [1.54, 1.807) is 41.0 Å². The van der Waals surface area contributed by atoms with Gasteiger partial charge in [0.2, 0.25) is 5.91 Å². The molecule has 1 aromatic heterocycles. The number of nitrogens with one attached hydrogen (secondary N) is 1. The maximum atomic E-state index is 14.0. The number of para-hydroxylation sites is 1. The van der Waals surface area contributed by atoms with Gasteiger partial charge in [-0.1, -0.05) is 29.5 Å². The van der Waals surface area contributed by atoms with Crippen LogP contribution in [0.3, 0.4) is 0 Å². The van der Waals surface area contributed by atoms with Crippen molar-refractivity contribution in [3.8, 4) is 5.75 Å². The van der Waals surface area contributed by atoms with Gasteiger partial charge in [0, 0.05) is 46.3 Å². The van der Waals surface area contributed by atoms with E-state index in [4.69, 9.17) is 14.2 Å². The molecule has 2 aromatic carbocycles. The number of nitrogens with zero attached hydrogens (tertiary/aromatic N) is 5. The van der Waals surface area contributed by atoms with Crippen LogP contribution in [0.2, 0.25) is 0 Å². The third-order valence-electron chi connectivity index (χ3n) is 8.78. The lowest BCUT2D eigenvalue weighted by molar-refractivity contribution is -0.137. The number of carbonyl (C=O) groups excluding carboxylic acids is 2. The second-order valence-electron chi connectivity index (χ2n) is 11.9. The molecule has 4 atom stereocenters. The number of benzene rings is 2. The molecule has 6 rings (SSSR count). The molecule has 1 N–H and O–H groups in total. The molecule has 0 aliphatic carbocycles. The Bertz CT molecular complexity index is 1520. The first-order valence-electron chi connectivity index (χ1n) is 15.4. The van der Waals surface area contributed by atoms with Gasteiger partial charge < -0.3 is 24.4 Å². The normalized spacial score (nSPS) is 24.7. The fraction of sp³-hybridized carbons (Fsp3) is 0.500. The Morgan fingerprint density at radius 1 is 1.04 bits per heavy atom. The van der Waals surface area contributed by atoms with E-state index in [0.29, 0.717) is 55.3 Å². The van der Waals surface area contributed by atoms with Crippen molar-refractivity contribution in [2.75, 3.05) is 39.9 Å². The average molecular weight is 643 g/mol. The van der Waals surface area contributed by atoms with E-state index in [1.807, 2.05) is 11.1 Å². The summed E-state index contributed by atoms with van der Waals surface area (Å²) in [6, 6.07) is 11.0. The van der Waals surface area contributed by atoms with Crippen LogP contribution < -0.4 is 10.1 Å². The van der Waals surface area contributed by atoms with Crippen LogP contribution in [0.25, 0.3) is 0 Å². The van der Waals surface area contributed by atoms with E-state index in [9.17, 15) is 22.8 Å². The molecule has 2 saturated heterocycles. The van der Waals surface area contributed by atoms with Crippen molar-refractivity contribution in [1.82, 2.24) is 30.1 Å². The van der Waals surface area contributed by atoms with E-state index in [2.05, 4.69) is 15.6 Å². The summed E-state index contributed by atoms with van der Waals surface area (Å²) in [6.07, 6.45) is -0.999. The highest BCUT2D eigenvalue weighted by Gasteiger charge is 2.39. The maximum absolute atomic E-state index is 14.0. The minimum absolute atomic E-state index is 0.115. The number of alkyl halides is 3. The van der Waals surface area contributed by atoms with Gasteiger partial charge in [-0.15, -0.1) is 5.10 Å². The van der Waals surface area contributed by atoms with Crippen LogP contribution in [0.15, 0.2) is 54.7 Å². The molecule has 2 fully saturated rings. The first-order chi connectivity index (χ1) is 22.2. The highest BCUT2D eigenvalue weighted by molar-refractivity contribution is 6.00. The quantitative estimate of drug-likeness (QED) is 0.451. The first-order valence-corrected chi connectivity index (χ1v) is 15.4.